The van der Waals surface area contributed by atoms with Crippen LogP contribution in [0.15, 0.2) is 71.6 Å². The lowest BCUT2D eigenvalue weighted by Gasteiger charge is -2.34. The lowest BCUT2D eigenvalue weighted by molar-refractivity contribution is -0.387. The van der Waals surface area contributed by atoms with Crippen molar-refractivity contribution in [1.29, 1.82) is 0 Å². The fourth-order valence-electron chi connectivity index (χ4n) is 4.02. The summed E-state index contributed by atoms with van der Waals surface area (Å²) >= 11 is 0. The molecule has 0 aliphatic carbocycles. The van der Waals surface area contributed by atoms with Gasteiger partial charge in [0.05, 0.1) is 4.92 Å². The molecule has 0 bridgehead atoms. The van der Waals surface area contributed by atoms with Crippen LogP contribution in [-0.2, 0) is 14.8 Å². The molecule has 3 aromatic rings. The molecule has 0 spiro atoms. The van der Waals surface area contributed by atoms with E-state index in [0.29, 0.717) is 5.56 Å². The monoisotopic (exact) mass is 496 g/mol. The molecule has 1 heterocycles. The third-order valence-electron chi connectivity index (χ3n) is 5.91. The van der Waals surface area contributed by atoms with E-state index >= 15 is 0 Å². The summed E-state index contributed by atoms with van der Waals surface area (Å²) in [6.07, 6.45) is 0.0796. The number of nitro benzene ring substituents is 1. The zero-order chi connectivity index (χ0) is 25.0. The molecule has 0 radical (unpaired) electrons. The summed E-state index contributed by atoms with van der Waals surface area (Å²) < 4.78 is 27.0. The minimum Gasteiger partial charge on any atom is -0.352 e. The minimum absolute atomic E-state index is 0.0313. The zero-order valence-corrected chi connectivity index (χ0v) is 19.6. The third kappa shape index (κ3) is 5.31. The molecule has 35 heavy (non-hydrogen) atoms. The first-order valence-corrected chi connectivity index (χ1v) is 12.5. The van der Waals surface area contributed by atoms with E-state index in [1.165, 1.54) is 23.1 Å². The van der Waals surface area contributed by atoms with Crippen LogP contribution in [0.5, 0.6) is 0 Å². The molecule has 10 nitrogen and oxygen atoms in total. The summed E-state index contributed by atoms with van der Waals surface area (Å²) in [7, 11) is -4.06. The Balaban J connectivity index is 1.29. The van der Waals surface area contributed by atoms with Gasteiger partial charge in [-0.05, 0) is 29.0 Å². The summed E-state index contributed by atoms with van der Waals surface area (Å²) in [6.45, 7) is 0.543. The molecule has 3 aromatic carbocycles. The number of benzene rings is 3. The molecule has 0 unspecified atom stereocenters. The van der Waals surface area contributed by atoms with E-state index in [9.17, 15) is 28.1 Å². The van der Waals surface area contributed by atoms with E-state index in [2.05, 4.69) is 5.32 Å². The van der Waals surface area contributed by atoms with Crippen LogP contribution in [0.2, 0.25) is 0 Å². The van der Waals surface area contributed by atoms with Gasteiger partial charge in [-0.2, -0.15) is 4.31 Å². The van der Waals surface area contributed by atoms with E-state index in [0.717, 1.165) is 21.1 Å². The molecule has 4 rings (SSSR count). The Morgan fingerprint density at radius 2 is 1.57 bits per heavy atom. The molecule has 1 aliphatic rings. The Hall–Kier alpha value is -3.83. The summed E-state index contributed by atoms with van der Waals surface area (Å²) in [5.41, 5.74) is 0.0261. The highest BCUT2D eigenvalue weighted by atomic mass is 32.2. The topological polar surface area (TPSA) is 130 Å². The van der Waals surface area contributed by atoms with Crippen molar-refractivity contribution in [3.63, 3.8) is 0 Å². The van der Waals surface area contributed by atoms with Gasteiger partial charge >= 0.3 is 0 Å². The lowest BCUT2D eigenvalue weighted by atomic mass is 10.1. The predicted molar refractivity (Wildman–Crippen MR) is 129 cm³/mol. The number of fused-ring (bicyclic) bond motifs is 1. The van der Waals surface area contributed by atoms with Crippen LogP contribution in [0.25, 0.3) is 10.8 Å². The third-order valence-corrected chi connectivity index (χ3v) is 7.85. The van der Waals surface area contributed by atoms with Crippen molar-refractivity contribution >= 4 is 38.3 Å². The molecule has 2 amide bonds. The van der Waals surface area contributed by atoms with Crippen molar-refractivity contribution in [2.24, 2.45) is 0 Å². The van der Waals surface area contributed by atoms with Crippen LogP contribution in [0, 0.1) is 10.1 Å². The highest BCUT2D eigenvalue weighted by Crippen LogP contribution is 2.27. The number of sulfonamides is 1. The molecule has 0 saturated carbocycles. The Morgan fingerprint density at radius 3 is 2.29 bits per heavy atom. The zero-order valence-electron chi connectivity index (χ0n) is 18.8. The molecule has 11 heteroatoms. The van der Waals surface area contributed by atoms with Crippen LogP contribution in [-0.4, -0.2) is 67.1 Å². The molecule has 1 saturated heterocycles. The van der Waals surface area contributed by atoms with Gasteiger partial charge in [-0.3, -0.25) is 19.7 Å². The Labute approximate surface area is 202 Å². The largest absolute Gasteiger partial charge is 0.352 e. The number of carbonyl (C=O) groups excluding carboxylic acids is 2. The fourth-order valence-corrected chi connectivity index (χ4v) is 5.60. The van der Waals surface area contributed by atoms with Gasteiger partial charge in [0.1, 0.15) is 0 Å². The molecule has 1 fully saturated rings. The molecular formula is C24H24N4O6S. The number of nitrogens with zero attached hydrogens (tertiary/aromatic N) is 3. The molecule has 1 N–H and O–H groups in total. The average Bonchev–Trinajstić information content (AvgIpc) is 2.88. The normalized spacial score (nSPS) is 14.6. The van der Waals surface area contributed by atoms with E-state index < -0.39 is 20.6 Å². The van der Waals surface area contributed by atoms with Gasteiger partial charge in [0.25, 0.3) is 11.6 Å². The van der Waals surface area contributed by atoms with Gasteiger partial charge in [-0.15, -0.1) is 0 Å². The first kappa shape index (κ1) is 24.3. The second kappa shape index (κ2) is 10.2. The number of para-hydroxylation sites is 1. The SMILES string of the molecule is O=C(NCCC(=O)N1CCN(S(=O)(=O)c2ccccc2[N+](=O)[O-])CC1)c1ccc2ccccc2c1. The second-order valence-electron chi connectivity index (χ2n) is 8.08. The number of hydrogen-bond acceptors (Lipinski definition) is 6. The summed E-state index contributed by atoms with van der Waals surface area (Å²) in [6, 6.07) is 18.3. The van der Waals surface area contributed by atoms with Crippen LogP contribution in [0.3, 0.4) is 0 Å². The van der Waals surface area contributed by atoms with Crippen molar-refractivity contribution in [2.75, 3.05) is 32.7 Å². The van der Waals surface area contributed by atoms with E-state index in [4.69, 9.17) is 0 Å². The maximum atomic E-state index is 12.9. The van der Waals surface area contributed by atoms with Crippen molar-refractivity contribution in [3.05, 3.63) is 82.4 Å². The average molecular weight is 497 g/mol. The van der Waals surface area contributed by atoms with Crippen molar-refractivity contribution in [3.8, 4) is 0 Å². The predicted octanol–water partition coefficient (Wildman–Crippen LogP) is 2.40. The number of carbonyl (C=O) groups is 2. The smallest absolute Gasteiger partial charge is 0.289 e. The van der Waals surface area contributed by atoms with Crippen LogP contribution in [0.1, 0.15) is 16.8 Å². The number of rotatable bonds is 7. The van der Waals surface area contributed by atoms with Gasteiger partial charge in [0.15, 0.2) is 4.90 Å². The highest BCUT2D eigenvalue weighted by Gasteiger charge is 2.34. The molecule has 1 aliphatic heterocycles. The van der Waals surface area contributed by atoms with Gasteiger partial charge in [-0.25, -0.2) is 8.42 Å². The van der Waals surface area contributed by atoms with E-state index in [-0.39, 0.29) is 55.9 Å². The quantitative estimate of drug-likeness (QED) is 0.395. The molecule has 182 valence electrons. The molecule has 0 atom stereocenters. The highest BCUT2D eigenvalue weighted by molar-refractivity contribution is 7.89. The fraction of sp³-hybridized carbons (Fsp3) is 0.250. The first-order chi connectivity index (χ1) is 16.8. The van der Waals surface area contributed by atoms with Crippen LogP contribution < -0.4 is 5.32 Å². The van der Waals surface area contributed by atoms with Gasteiger partial charge in [0.2, 0.25) is 15.9 Å². The van der Waals surface area contributed by atoms with Gasteiger partial charge < -0.3 is 10.2 Å². The standard InChI is InChI=1S/C24H24N4O6S/c29-23(11-12-25-24(30)20-10-9-18-5-1-2-6-19(18)17-20)26-13-15-27(16-14-26)35(33,34)22-8-4-3-7-21(22)28(31)32/h1-10,17H,11-16H2,(H,25,30). The molecular weight excluding hydrogens is 472 g/mol. The van der Waals surface area contributed by atoms with Crippen molar-refractivity contribution in [2.45, 2.75) is 11.3 Å². The number of hydrogen-bond donors (Lipinski definition) is 1. The molecule has 0 aromatic heterocycles. The maximum absolute atomic E-state index is 12.9. The number of piperazine rings is 1. The Kier molecular flexibility index (Phi) is 7.08. The maximum Gasteiger partial charge on any atom is 0.289 e. The Morgan fingerprint density at radius 1 is 0.914 bits per heavy atom. The summed E-state index contributed by atoms with van der Waals surface area (Å²) in [5, 5.41) is 16.0. The van der Waals surface area contributed by atoms with Crippen molar-refractivity contribution in [1.82, 2.24) is 14.5 Å². The van der Waals surface area contributed by atoms with Crippen molar-refractivity contribution < 1.29 is 22.9 Å². The lowest BCUT2D eigenvalue weighted by Crippen LogP contribution is -2.50. The first-order valence-electron chi connectivity index (χ1n) is 11.1. The second-order valence-corrected chi connectivity index (χ2v) is 9.98. The van der Waals surface area contributed by atoms with E-state index in [1.807, 2.05) is 30.3 Å². The Bertz CT molecular complexity index is 1380. The number of nitrogens with one attached hydrogen (secondary N) is 1. The van der Waals surface area contributed by atoms with Crippen LogP contribution in [0.4, 0.5) is 5.69 Å². The summed E-state index contributed by atoms with van der Waals surface area (Å²) in [5.74, 6) is -0.476. The van der Waals surface area contributed by atoms with Gasteiger partial charge in [0, 0.05) is 50.8 Å². The number of amides is 2. The number of nitro groups is 1. The van der Waals surface area contributed by atoms with E-state index in [1.54, 1.807) is 12.1 Å². The van der Waals surface area contributed by atoms with Crippen LogP contribution >= 0.6 is 0 Å². The van der Waals surface area contributed by atoms with Gasteiger partial charge in [-0.1, -0.05) is 42.5 Å². The summed E-state index contributed by atoms with van der Waals surface area (Å²) in [4.78, 5) is 36.7. The minimum atomic E-state index is -4.06.